The van der Waals surface area contributed by atoms with Gasteiger partial charge in [0.2, 0.25) is 0 Å². The molecular formula is C21H28O6S. The summed E-state index contributed by atoms with van der Waals surface area (Å²) in [5.41, 5.74) is -0.776. The van der Waals surface area contributed by atoms with E-state index >= 15 is 0 Å². The van der Waals surface area contributed by atoms with Gasteiger partial charge in [-0.05, 0) is 47.8 Å². The maximum Gasteiger partial charge on any atom is 0.331 e. The lowest BCUT2D eigenvalue weighted by molar-refractivity contribution is -0.172. The Morgan fingerprint density at radius 1 is 1.32 bits per heavy atom. The fourth-order valence-corrected chi connectivity index (χ4v) is 5.63. The molecule has 1 spiro atoms. The van der Waals surface area contributed by atoms with Crippen molar-refractivity contribution in [3.8, 4) is 0 Å². The zero-order valence-electron chi connectivity index (χ0n) is 16.9. The number of cyclic esters (lactones) is 1. The highest BCUT2D eigenvalue weighted by atomic mass is 32.2. The zero-order valence-corrected chi connectivity index (χ0v) is 17.7. The van der Waals surface area contributed by atoms with Crippen LogP contribution in [0.5, 0.6) is 0 Å². The van der Waals surface area contributed by atoms with Crippen LogP contribution in [0, 0.1) is 22.7 Å². The molecule has 1 aliphatic heterocycles. The van der Waals surface area contributed by atoms with Gasteiger partial charge in [0.1, 0.15) is 24.2 Å². The monoisotopic (exact) mass is 408 g/mol. The number of hydrogen-bond acceptors (Lipinski definition) is 7. The van der Waals surface area contributed by atoms with Crippen molar-refractivity contribution in [1.82, 2.24) is 0 Å². The molecule has 0 amide bonds. The summed E-state index contributed by atoms with van der Waals surface area (Å²) >= 11 is 1.41. The summed E-state index contributed by atoms with van der Waals surface area (Å²) < 4.78 is 16.9. The Kier molecular flexibility index (Phi) is 5.67. The van der Waals surface area contributed by atoms with Crippen LogP contribution >= 0.6 is 11.8 Å². The van der Waals surface area contributed by atoms with Gasteiger partial charge in [0.25, 0.3) is 0 Å². The number of thioether (sulfide) groups is 1. The standard InChI is InChI=1S/C21H28O6S/c1-12-6-7-15(27-16(23)8-9-28-5)17-18(26-14(3)22)21(11-20(12,17)4)13(2)10-25-19(21)24/h8-9,12,15,17-18H,2,6-7,10-11H2,1,3-5H3. The first-order valence-electron chi connectivity index (χ1n) is 9.59. The molecule has 3 aliphatic rings. The first-order valence-corrected chi connectivity index (χ1v) is 10.9. The molecule has 1 heterocycles. The zero-order chi connectivity index (χ0) is 20.7. The lowest BCUT2D eigenvalue weighted by Gasteiger charge is -2.46. The molecule has 2 aliphatic carbocycles. The number of carbonyl (C=O) groups is 3. The van der Waals surface area contributed by atoms with Crippen LogP contribution in [0.25, 0.3) is 0 Å². The van der Waals surface area contributed by atoms with Crippen LogP contribution in [0.4, 0.5) is 0 Å². The van der Waals surface area contributed by atoms with Crippen LogP contribution in [0.3, 0.4) is 0 Å². The summed E-state index contributed by atoms with van der Waals surface area (Å²) in [5, 5.41) is 1.67. The molecule has 6 unspecified atom stereocenters. The van der Waals surface area contributed by atoms with E-state index in [0.29, 0.717) is 18.4 Å². The Labute approximate surface area is 170 Å². The number of carbonyl (C=O) groups excluding carboxylic acids is 3. The maximum absolute atomic E-state index is 12.9. The van der Waals surface area contributed by atoms with E-state index in [0.717, 1.165) is 6.42 Å². The van der Waals surface area contributed by atoms with Gasteiger partial charge in [-0.1, -0.05) is 20.4 Å². The second-order valence-electron chi connectivity index (χ2n) is 8.38. The molecule has 6 nitrogen and oxygen atoms in total. The first-order chi connectivity index (χ1) is 13.2. The van der Waals surface area contributed by atoms with Crippen molar-refractivity contribution in [1.29, 1.82) is 0 Å². The average molecular weight is 409 g/mol. The average Bonchev–Trinajstić information content (AvgIpc) is 3.06. The molecule has 0 radical (unpaired) electrons. The summed E-state index contributed by atoms with van der Waals surface area (Å²) in [6.07, 6.45) is 4.08. The van der Waals surface area contributed by atoms with Crippen LogP contribution in [0.1, 0.15) is 40.0 Å². The van der Waals surface area contributed by atoms with E-state index in [1.807, 2.05) is 6.26 Å². The normalized spacial score (nSPS) is 39.9. The minimum Gasteiger partial charge on any atom is -0.461 e. The number of esters is 3. The van der Waals surface area contributed by atoms with Crippen molar-refractivity contribution in [2.45, 2.75) is 52.2 Å². The van der Waals surface area contributed by atoms with Crippen LogP contribution < -0.4 is 0 Å². The van der Waals surface area contributed by atoms with Crippen LogP contribution in [-0.2, 0) is 28.6 Å². The van der Waals surface area contributed by atoms with E-state index in [1.165, 1.54) is 24.8 Å². The third-order valence-electron chi connectivity index (χ3n) is 6.92. The molecule has 0 aromatic heterocycles. The molecule has 2 saturated carbocycles. The molecule has 1 saturated heterocycles. The predicted molar refractivity (Wildman–Crippen MR) is 105 cm³/mol. The number of fused-ring (bicyclic) bond motifs is 1. The van der Waals surface area contributed by atoms with Gasteiger partial charge < -0.3 is 14.2 Å². The fraction of sp³-hybridized carbons (Fsp3) is 0.667. The van der Waals surface area contributed by atoms with Gasteiger partial charge in [-0.2, -0.15) is 0 Å². The largest absolute Gasteiger partial charge is 0.461 e. The first kappa shape index (κ1) is 21.0. The molecule has 0 bridgehead atoms. The number of hydrogen-bond donors (Lipinski definition) is 0. The second-order valence-corrected chi connectivity index (χ2v) is 9.13. The highest BCUT2D eigenvalue weighted by Crippen LogP contribution is 2.66. The van der Waals surface area contributed by atoms with Crippen LogP contribution in [0.2, 0.25) is 0 Å². The van der Waals surface area contributed by atoms with Crippen molar-refractivity contribution in [2.24, 2.45) is 22.7 Å². The third kappa shape index (κ3) is 3.17. The fourth-order valence-electron chi connectivity index (χ4n) is 5.38. The molecule has 3 rings (SSSR count). The number of ether oxygens (including phenoxy) is 3. The van der Waals surface area contributed by atoms with E-state index in [9.17, 15) is 14.4 Å². The van der Waals surface area contributed by atoms with Crippen molar-refractivity contribution < 1.29 is 28.6 Å². The molecule has 7 heteroatoms. The van der Waals surface area contributed by atoms with E-state index < -0.39 is 29.6 Å². The molecule has 6 atom stereocenters. The molecule has 28 heavy (non-hydrogen) atoms. The Balaban J connectivity index is 2.03. The minimum absolute atomic E-state index is 0.134. The van der Waals surface area contributed by atoms with Crippen molar-refractivity contribution in [2.75, 3.05) is 12.9 Å². The Morgan fingerprint density at radius 3 is 2.61 bits per heavy atom. The smallest absolute Gasteiger partial charge is 0.331 e. The highest BCUT2D eigenvalue weighted by Gasteiger charge is 2.71. The summed E-state index contributed by atoms with van der Waals surface area (Å²) in [6, 6.07) is 0. The summed E-state index contributed by atoms with van der Waals surface area (Å²) in [7, 11) is 0. The molecular weight excluding hydrogens is 380 g/mol. The molecule has 3 fully saturated rings. The molecule has 0 N–H and O–H groups in total. The van der Waals surface area contributed by atoms with Gasteiger partial charge in [-0.25, -0.2) is 4.79 Å². The summed E-state index contributed by atoms with van der Waals surface area (Å²) in [4.78, 5) is 37.1. The van der Waals surface area contributed by atoms with Gasteiger partial charge in [0.15, 0.2) is 0 Å². The van der Waals surface area contributed by atoms with Crippen LogP contribution in [-0.4, -0.2) is 43.0 Å². The Morgan fingerprint density at radius 2 is 2.04 bits per heavy atom. The van der Waals surface area contributed by atoms with E-state index in [1.54, 1.807) is 5.41 Å². The SMILES string of the molecule is C=C1COC(=O)C12CC1(C)C(C)CCC(OC(=O)C=CSC)C1C2OC(C)=O. The van der Waals surface area contributed by atoms with Crippen molar-refractivity contribution in [3.05, 3.63) is 23.6 Å². The second kappa shape index (κ2) is 7.58. The molecule has 0 aromatic rings. The molecule has 0 aromatic carbocycles. The van der Waals surface area contributed by atoms with Crippen molar-refractivity contribution in [3.63, 3.8) is 0 Å². The quantitative estimate of drug-likeness (QED) is 0.306. The Hall–Kier alpha value is -1.76. The highest BCUT2D eigenvalue weighted by molar-refractivity contribution is 8.01. The minimum atomic E-state index is -1.07. The molecule has 154 valence electrons. The number of rotatable bonds is 4. The van der Waals surface area contributed by atoms with Gasteiger partial charge in [0.05, 0.1) is 0 Å². The van der Waals surface area contributed by atoms with Gasteiger partial charge >= 0.3 is 17.9 Å². The van der Waals surface area contributed by atoms with Gasteiger partial charge in [-0.3, -0.25) is 9.59 Å². The third-order valence-corrected chi connectivity index (χ3v) is 7.33. The van der Waals surface area contributed by atoms with Gasteiger partial charge in [0, 0.05) is 18.9 Å². The van der Waals surface area contributed by atoms with E-state index in [2.05, 4.69) is 20.4 Å². The predicted octanol–water partition coefficient (Wildman–Crippen LogP) is 3.26. The lowest BCUT2D eigenvalue weighted by atomic mass is 9.61. The van der Waals surface area contributed by atoms with E-state index in [4.69, 9.17) is 14.2 Å². The summed E-state index contributed by atoms with van der Waals surface area (Å²) in [6.45, 7) is 9.79. The van der Waals surface area contributed by atoms with Gasteiger partial charge in [-0.15, -0.1) is 11.8 Å². The van der Waals surface area contributed by atoms with Crippen LogP contribution in [0.15, 0.2) is 23.6 Å². The van der Waals surface area contributed by atoms with E-state index in [-0.39, 0.29) is 29.8 Å². The Bertz CT molecular complexity index is 712. The summed E-state index contributed by atoms with van der Waals surface area (Å²) in [5.74, 6) is -1.31. The topological polar surface area (TPSA) is 78.9 Å². The maximum atomic E-state index is 12.9. The lowest BCUT2D eigenvalue weighted by Crippen LogP contribution is -2.50. The van der Waals surface area contributed by atoms with Crippen molar-refractivity contribution >= 4 is 29.7 Å².